The molecule has 0 saturated carbocycles. The van der Waals surface area contributed by atoms with Crippen LogP contribution in [0.3, 0.4) is 0 Å². The number of nitrogens with zero attached hydrogens (tertiary/aromatic N) is 1. The number of benzene rings is 1. The zero-order chi connectivity index (χ0) is 10.4. The first kappa shape index (κ1) is 10.8. The van der Waals surface area contributed by atoms with Crippen LogP contribution in [-0.4, -0.2) is 19.4 Å². The third-order valence-corrected chi connectivity index (χ3v) is 2.27. The highest BCUT2D eigenvalue weighted by Crippen LogP contribution is 2.15. The Morgan fingerprint density at radius 1 is 1.43 bits per heavy atom. The van der Waals surface area contributed by atoms with Crippen molar-refractivity contribution in [1.29, 1.82) is 0 Å². The Kier molecular flexibility index (Phi) is 4.17. The lowest BCUT2D eigenvalue weighted by molar-refractivity contribution is -0.107. The van der Waals surface area contributed by atoms with Gasteiger partial charge in [-0.15, -0.1) is 0 Å². The highest BCUT2D eigenvalue weighted by atomic mass is 16.1. The topological polar surface area (TPSA) is 20.3 Å². The summed E-state index contributed by atoms with van der Waals surface area (Å²) in [5.74, 6) is 0. The second kappa shape index (κ2) is 5.43. The summed E-state index contributed by atoms with van der Waals surface area (Å²) < 4.78 is 0. The molecule has 0 unspecified atom stereocenters. The van der Waals surface area contributed by atoms with Crippen LogP contribution in [0, 0.1) is 6.92 Å². The van der Waals surface area contributed by atoms with Gasteiger partial charge in [-0.1, -0.05) is 12.1 Å². The molecule has 2 nitrogen and oxygen atoms in total. The number of aryl methyl sites for hydroxylation is 1. The van der Waals surface area contributed by atoms with Crippen molar-refractivity contribution in [2.45, 2.75) is 20.3 Å². The number of hydrogen-bond donors (Lipinski definition) is 0. The zero-order valence-corrected chi connectivity index (χ0v) is 8.86. The summed E-state index contributed by atoms with van der Waals surface area (Å²) >= 11 is 0. The van der Waals surface area contributed by atoms with Gasteiger partial charge in [-0.25, -0.2) is 0 Å². The maximum Gasteiger partial charge on any atom is 0.121 e. The van der Waals surface area contributed by atoms with Crippen LogP contribution in [0.4, 0.5) is 5.69 Å². The molecule has 1 rings (SSSR count). The third kappa shape index (κ3) is 2.87. The van der Waals surface area contributed by atoms with Gasteiger partial charge in [0.25, 0.3) is 0 Å². The van der Waals surface area contributed by atoms with Gasteiger partial charge in [0, 0.05) is 25.2 Å². The van der Waals surface area contributed by atoms with Crippen molar-refractivity contribution in [2.24, 2.45) is 0 Å². The lowest BCUT2D eigenvalue weighted by Gasteiger charge is -2.22. The minimum atomic E-state index is 0.599. The maximum absolute atomic E-state index is 10.3. The van der Waals surface area contributed by atoms with E-state index in [0.717, 1.165) is 19.4 Å². The average molecular weight is 191 g/mol. The first-order valence-electron chi connectivity index (χ1n) is 5.03. The standard InChI is InChI=1S/C12H17NO/c1-3-13(8-5-9-14)12-7-4-6-11(2)10-12/h4,6-7,9-10H,3,5,8H2,1-2H3. The molecular formula is C12H17NO. The van der Waals surface area contributed by atoms with Crippen molar-refractivity contribution in [3.05, 3.63) is 29.8 Å². The predicted octanol–water partition coefficient (Wildman–Crippen LogP) is 2.41. The Labute approximate surface area is 85.5 Å². The summed E-state index contributed by atoms with van der Waals surface area (Å²) in [6.07, 6.45) is 1.57. The Balaban J connectivity index is 2.72. The van der Waals surface area contributed by atoms with Crippen LogP contribution in [0.15, 0.2) is 24.3 Å². The van der Waals surface area contributed by atoms with Gasteiger partial charge < -0.3 is 9.69 Å². The molecule has 2 heteroatoms. The van der Waals surface area contributed by atoms with Gasteiger partial charge in [0.1, 0.15) is 6.29 Å². The quantitative estimate of drug-likeness (QED) is 0.666. The monoisotopic (exact) mass is 191 g/mol. The fraction of sp³-hybridized carbons (Fsp3) is 0.417. The summed E-state index contributed by atoms with van der Waals surface area (Å²) in [5, 5.41) is 0. The van der Waals surface area contributed by atoms with E-state index in [4.69, 9.17) is 0 Å². The lowest BCUT2D eigenvalue weighted by atomic mass is 10.2. The van der Waals surface area contributed by atoms with Gasteiger partial charge in [0.05, 0.1) is 0 Å². The van der Waals surface area contributed by atoms with E-state index in [-0.39, 0.29) is 0 Å². The Morgan fingerprint density at radius 3 is 2.79 bits per heavy atom. The molecule has 0 aliphatic carbocycles. The van der Waals surface area contributed by atoms with E-state index >= 15 is 0 Å². The van der Waals surface area contributed by atoms with E-state index in [1.165, 1.54) is 11.3 Å². The van der Waals surface area contributed by atoms with Crippen LogP contribution in [0.1, 0.15) is 18.9 Å². The van der Waals surface area contributed by atoms with Gasteiger partial charge in [-0.2, -0.15) is 0 Å². The van der Waals surface area contributed by atoms with E-state index in [9.17, 15) is 4.79 Å². The van der Waals surface area contributed by atoms with Crippen LogP contribution in [0.2, 0.25) is 0 Å². The molecule has 0 atom stereocenters. The molecule has 0 spiro atoms. The highest BCUT2D eigenvalue weighted by Gasteiger charge is 2.02. The highest BCUT2D eigenvalue weighted by molar-refractivity contribution is 5.53. The van der Waals surface area contributed by atoms with E-state index < -0.39 is 0 Å². The fourth-order valence-electron chi connectivity index (χ4n) is 1.50. The second-order valence-electron chi connectivity index (χ2n) is 3.37. The number of aldehydes is 1. The molecule has 0 fully saturated rings. The second-order valence-corrected chi connectivity index (χ2v) is 3.37. The Morgan fingerprint density at radius 2 is 2.21 bits per heavy atom. The molecule has 0 aliphatic heterocycles. The number of anilines is 1. The first-order chi connectivity index (χ1) is 6.77. The fourth-order valence-corrected chi connectivity index (χ4v) is 1.50. The van der Waals surface area contributed by atoms with E-state index in [1.54, 1.807) is 0 Å². The van der Waals surface area contributed by atoms with E-state index in [1.807, 2.05) is 6.07 Å². The number of carbonyl (C=O) groups is 1. The molecule has 0 aromatic heterocycles. The zero-order valence-electron chi connectivity index (χ0n) is 8.86. The van der Waals surface area contributed by atoms with Crippen molar-refractivity contribution in [3.8, 4) is 0 Å². The SMILES string of the molecule is CCN(CCC=O)c1cccc(C)c1. The van der Waals surface area contributed by atoms with Crippen LogP contribution >= 0.6 is 0 Å². The van der Waals surface area contributed by atoms with E-state index in [0.29, 0.717) is 6.42 Å². The number of carbonyl (C=O) groups excluding carboxylic acids is 1. The van der Waals surface area contributed by atoms with Crippen LogP contribution in [0.25, 0.3) is 0 Å². The molecule has 1 aromatic rings. The van der Waals surface area contributed by atoms with Crippen LogP contribution in [0.5, 0.6) is 0 Å². The molecule has 0 aliphatic rings. The molecule has 14 heavy (non-hydrogen) atoms. The summed E-state index contributed by atoms with van der Waals surface area (Å²) in [4.78, 5) is 12.5. The molecule has 0 heterocycles. The Hall–Kier alpha value is -1.31. The van der Waals surface area contributed by atoms with Gasteiger partial charge in [0.2, 0.25) is 0 Å². The minimum Gasteiger partial charge on any atom is -0.371 e. The number of hydrogen-bond acceptors (Lipinski definition) is 2. The smallest absolute Gasteiger partial charge is 0.121 e. The molecule has 0 N–H and O–H groups in total. The normalized spacial score (nSPS) is 9.86. The summed E-state index contributed by atoms with van der Waals surface area (Å²) in [7, 11) is 0. The first-order valence-corrected chi connectivity index (χ1v) is 5.03. The van der Waals surface area contributed by atoms with Gasteiger partial charge in [0.15, 0.2) is 0 Å². The Bertz CT molecular complexity index is 296. The third-order valence-electron chi connectivity index (χ3n) is 2.27. The van der Waals surface area contributed by atoms with Crippen molar-refractivity contribution < 1.29 is 4.79 Å². The molecule has 0 radical (unpaired) electrons. The lowest BCUT2D eigenvalue weighted by Crippen LogP contribution is -2.24. The van der Waals surface area contributed by atoms with Gasteiger partial charge in [-0.3, -0.25) is 0 Å². The molecule has 0 amide bonds. The van der Waals surface area contributed by atoms with Crippen LogP contribution < -0.4 is 4.90 Å². The van der Waals surface area contributed by atoms with Crippen molar-refractivity contribution >= 4 is 12.0 Å². The summed E-state index contributed by atoms with van der Waals surface area (Å²) in [5.41, 5.74) is 2.46. The van der Waals surface area contributed by atoms with Crippen LogP contribution in [-0.2, 0) is 4.79 Å². The molecule has 1 aromatic carbocycles. The average Bonchev–Trinajstić information content (AvgIpc) is 2.19. The minimum absolute atomic E-state index is 0.599. The molecule has 0 bridgehead atoms. The molecule has 0 saturated heterocycles. The van der Waals surface area contributed by atoms with E-state index in [2.05, 4.69) is 36.9 Å². The molecular weight excluding hydrogens is 174 g/mol. The van der Waals surface area contributed by atoms with Gasteiger partial charge >= 0.3 is 0 Å². The van der Waals surface area contributed by atoms with Crippen molar-refractivity contribution in [1.82, 2.24) is 0 Å². The molecule has 76 valence electrons. The summed E-state index contributed by atoms with van der Waals surface area (Å²) in [6, 6.07) is 8.36. The summed E-state index contributed by atoms with van der Waals surface area (Å²) in [6.45, 7) is 5.94. The van der Waals surface area contributed by atoms with Gasteiger partial charge in [-0.05, 0) is 31.5 Å². The van der Waals surface area contributed by atoms with Crippen molar-refractivity contribution in [3.63, 3.8) is 0 Å². The largest absolute Gasteiger partial charge is 0.371 e. The number of rotatable bonds is 5. The predicted molar refractivity (Wildman–Crippen MR) is 59.7 cm³/mol. The van der Waals surface area contributed by atoms with Crippen molar-refractivity contribution in [2.75, 3.05) is 18.0 Å². The maximum atomic E-state index is 10.3.